The Morgan fingerprint density at radius 1 is 1.02 bits per heavy atom. The molecule has 2 aliphatic carbocycles. The summed E-state index contributed by atoms with van der Waals surface area (Å²) in [7, 11) is 0. The van der Waals surface area contributed by atoms with E-state index < -0.39 is 0 Å². The van der Waals surface area contributed by atoms with E-state index in [1.165, 1.54) is 59.9 Å². The second-order valence-electron chi connectivity index (χ2n) is 12.3. The molecule has 0 bridgehead atoms. The summed E-state index contributed by atoms with van der Waals surface area (Å²) in [5.41, 5.74) is 16.0. The van der Waals surface area contributed by atoms with Crippen LogP contribution in [0.5, 0.6) is 0 Å². The van der Waals surface area contributed by atoms with Crippen molar-refractivity contribution in [1.82, 2.24) is 15.2 Å². The summed E-state index contributed by atoms with van der Waals surface area (Å²) >= 11 is 0. The molecular weight excluding hydrogens is 548 g/mol. The first kappa shape index (κ1) is 32.8. The topological polar surface area (TPSA) is 105 Å². The van der Waals surface area contributed by atoms with Gasteiger partial charge < -0.3 is 11.1 Å². The second kappa shape index (κ2) is 16.7. The number of carbonyl (C=O) groups is 1. The van der Waals surface area contributed by atoms with Crippen LogP contribution in [-0.2, 0) is 29.0 Å². The van der Waals surface area contributed by atoms with Crippen LogP contribution in [0.2, 0.25) is 0 Å². The Kier molecular flexibility index (Phi) is 12.5. The molecule has 0 radical (unpaired) electrons. The number of likely N-dealkylation sites (tertiary alicyclic amines) is 1. The minimum absolute atomic E-state index is 0. The zero-order valence-electron chi connectivity index (χ0n) is 26.2. The van der Waals surface area contributed by atoms with Gasteiger partial charge in [0.2, 0.25) is 0 Å². The average Bonchev–Trinajstić information content (AvgIpc) is 3.04. The molecule has 1 saturated heterocycles. The first-order valence-electron chi connectivity index (χ1n) is 16.0. The monoisotopic (exact) mass is 596 g/mol. The van der Waals surface area contributed by atoms with E-state index in [-0.39, 0.29) is 19.5 Å². The molecule has 1 fully saturated rings. The first-order chi connectivity index (χ1) is 21.4. The minimum Gasteiger partial charge on any atom is -0.399 e. The molecule has 7 heteroatoms. The summed E-state index contributed by atoms with van der Waals surface area (Å²) in [5, 5.41) is 3.32. The summed E-state index contributed by atoms with van der Waals surface area (Å²) < 4.78 is 0. The molecule has 2 aromatic carbocycles. The van der Waals surface area contributed by atoms with Gasteiger partial charge in [0.05, 0.1) is 0 Å². The molecule has 1 amide bonds. The van der Waals surface area contributed by atoms with E-state index in [1.54, 1.807) is 11.8 Å². The molecule has 1 aromatic heterocycles. The molecule has 1 aliphatic heterocycles. The van der Waals surface area contributed by atoms with Crippen LogP contribution in [-0.4, -0.2) is 41.1 Å². The normalized spacial score (nSPS) is 17.9. The fourth-order valence-electron chi connectivity index (χ4n) is 6.46. The van der Waals surface area contributed by atoms with Gasteiger partial charge in [-0.25, -0.2) is 0 Å². The number of carbonyl (C=O) groups excluding carboxylic acids is 3. The number of aryl methyl sites for hydroxylation is 2. The molecule has 44 heavy (non-hydrogen) atoms. The predicted molar refractivity (Wildman–Crippen MR) is 177 cm³/mol. The van der Waals surface area contributed by atoms with Gasteiger partial charge in [0.15, 0.2) is 0 Å². The maximum Gasteiger partial charge on any atom is 0.373 e. The number of nitrogens with two attached hydrogens (primary N) is 1. The zero-order chi connectivity index (χ0) is 31.3. The van der Waals surface area contributed by atoms with E-state index in [1.807, 2.05) is 30.5 Å². The zero-order valence-corrected chi connectivity index (χ0v) is 26.2. The van der Waals surface area contributed by atoms with Crippen LogP contribution in [0, 0.1) is 5.92 Å². The fourth-order valence-corrected chi connectivity index (χ4v) is 6.46. The molecule has 7 nitrogen and oxygen atoms in total. The highest BCUT2D eigenvalue weighted by atomic mass is 16.2. The standard InChI is InChI=1S/C28H35N3O.C8H11N.CO2.H2/c1-19-2-5-21-6-7-22-8-9-23(17-27(22)26(21)16-19)28(32)30-25-12-14-31(15-13-25)18-20-3-10-24(29)11-4-20;1-2-4-8-5-3-6-9-7-8;2-1-3;/h3-4,8-11,17,19,25H,2,5-7,12-16,18,29H2,1H3,(H,30,32);3,5-7H,2,4H2,1H3;;1H. The van der Waals surface area contributed by atoms with Gasteiger partial charge in [-0.1, -0.05) is 50.1 Å². The van der Waals surface area contributed by atoms with Gasteiger partial charge in [-0.3, -0.25) is 14.7 Å². The molecule has 3 N–H and O–H groups in total. The van der Waals surface area contributed by atoms with Crippen molar-refractivity contribution in [2.75, 3.05) is 18.8 Å². The van der Waals surface area contributed by atoms with Crippen LogP contribution in [0.4, 0.5) is 5.69 Å². The molecular formula is C37H48N4O3. The number of amides is 1. The van der Waals surface area contributed by atoms with Crippen molar-refractivity contribution in [3.05, 3.63) is 100 Å². The molecule has 2 heterocycles. The van der Waals surface area contributed by atoms with Crippen LogP contribution in [0.25, 0.3) is 5.57 Å². The van der Waals surface area contributed by atoms with Crippen molar-refractivity contribution in [2.45, 2.75) is 84.2 Å². The number of benzene rings is 2. The van der Waals surface area contributed by atoms with E-state index in [2.05, 4.69) is 59.4 Å². The van der Waals surface area contributed by atoms with Gasteiger partial charge in [-0.15, -0.1) is 0 Å². The quantitative estimate of drug-likeness (QED) is 0.301. The van der Waals surface area contributed by atoms with Crippen molar-refractivity contribution in [1.29, 1.82) is 0 Å². The third kappa shape index (κ3) is 9.47. The number of nitrogens with zero attached hydrogens (tertiary/aromatic N) is 2. The molecule has 1 atom stereocenters. The Labute approximate surface area is 263 Å². The van der Waals surface area contributed by atoms with Crippen molar-refractivity contribution in [3.63, 3.8) is 0 Å². The number of rotatable bonds is 6. The Morgan fingerprint density at radius 3 is 2.45 bits per heavy atom. The molecule has 1 unspecified atom stereocenters. The van der Waals surface area contributed by atoms with E-state index >= 15 is 0 Å². The Bertz CT molecular complexity index is 1430. The lowest BCUT2D eigenvalue weighted by atomic mass is 9.75. The third-order valence-corrected chi connectivity index (χ3v) is 8.88. The lowest BCUT2D eigenvalue weighted by molar-refractivity contribution is -0.191. The predicted octanol–water partition coefficient (Wildman–Crippen LogP) is 6.88. The van der Waals surface area contributed by atoms with Crippen LogP contribution in [0.3, 0.4) is 0 Å². The van der Waals surface area contributed by atoms with Crippen molar-refractivity contribution in [2.24, 2.45) is 5.92 Å². The molecule has 3 aliphatic rings. The number of hydrogen-bond acceptors (Lipinski definition) is 6. The van der Waals surface area contributed by atoms with Gasteiger partial charge in [-0.2, -0.15) is 9.59 Å². The third-order valence-electron chi connectivity index (χ3n) is 8.88. The molecule has 0 spiro atoms. The summed E-state index contributed by atoms with van der Waals surface area (Å²) in [6.07, 6.45) is 14.4. The summed E-state index contributed by atoms with van der Waals surface area (Å²) in [6.45, 7) is 7.49. The van der Waals surface area contributed by atoms with Gasteiger partial charge in [-0.05, 0) is 115 Å². The van der Waals surface area contributed by atoms with Crippen molar-refractivity contribution < 1.29 is 15.8 Å². The Hall–Kier alpha value is -4.06. The summed E-state index contributed by atoms with van der Waals surface area (Å²) in [4.78, 5) is 35.8. The highest BCUT2D eigenvalue weighted by Gasteiger charge is 2.26. The lowest BCUT2D eigenvalue weighted by Crippen LogP contribution is -2.44. The highest BCUT2D eigenvalue weighted by molar-refractivity contribution is 5.95. The summed E-state index contributed by atoms with van der Waals surface area (Å²) in [6, 6.07) is 18.9. The van der Waals surface area contributed by atoms with E-state index in [0.717, 1.165) is 62.5 Å². The first-order valence-corrected chi connectivity index (χ1v) is 16.0. The molecule has 0 saturated carbocycles. The Balaban J connectivity index is 0.000000360. The number of nitrogens with one attached hydrogen (secondary N) is 1. The van der Waals surface area contributed by atoms with E-state index in [4.69, 9.17) is 15.3 Å². The number of nitrogen functional groups attached to an aromatic ring is 1. The number of fused-ring (bicyclic) bond motifs is 2. The van der Waals surface area contributed by atoms with Crippen LogP contribution in [0.15, 0.2) is 72.6 Å². The smallest absolute Gasteiger partial charge is 0.373 e. The van der Waals surface area contributed by atoms with Crippen LogP contribution < -0.4 is 11.1 Å². The second-order valence-corrected chi connectivity index (χ2v) is 12.3. The largest absolute Gasteiger partial charge is 0.399 e. The number of hydrogen-bond donors (Lipinski definition) is 2. The van der Waals surface area contributed by atoms with Crippen molar-refractivity contribution in [3.8, 4) is 0 Å². The highest BCUT2D eigenvalue weighted by Crippen LogP contribution is 2.42. The molecule has 234 valence electrons. The number of piperidine rings is 1. The van der Waals surface area contributed by atoms with Crippen molar-refractivity contribution >= 4 is 23.3 Å². The fraction of sp³-hybridized carbons (Fsp3) is 0.432. The van der Waals surface area contributed by atoms with Gasteiger partial charge >= 0.3 is 6.15 Å². The lowest BCUT2D eigenvalue weighted by Gasteiger charge is -2.33. The SMILES string of the molecule is CC1CCC2=C(C1)c1cc(C(=O)NC3CCN(Cc4ccc(N)cc4)CC3)ccc1CC2.CCCc1cccnc1.O=C=O.[HH]. The van der Waals surface area contributed by atoms with Gasteiger partial charge in [0.1, 0.15) is 0 Å². The molecule has 3 aromatic rings. The molecule has 6 rings (SSSR count). The number of allylic oxidation sites excluding steroid dienone is 2. The minimum atomic E-state index is 0. The number of pyridine rings is 1. The van der Waals surface area contributed by atoms with E-state index in [0.29, 0.717) is 0 Å². The van der Waals surface area contributed by atoms with Gasteiger partial charge in [0, 0.05) is 50.7 Å². The van der Waals surface area contributed by atoms with Gasteiger partial charge in [0.25, 0.3) is 5.91 Å². The number of anilines is 1. The summed E-state index contributed by atoms with van der Waals surface area (Å²) in [5.74, 6) is 0.831. The van der Waals surface area contributed by atoms with Crippen LogP contribution in [0.1, 0.15) is 92.8 Å². The maximum absolute atomic E-state index is 13.1. The average molecular weight is 597 g/mol. The van der Waals surface area contributed by atoms with E-state index in [9.17, 15) is 4.79 Å². The number of aromatic nitrogens is 1. The Morgan fingerprint density at radius 2 is 1.77 bits per heavy atom. The van der Waals surface area contributed by atoms with Crippen LogP contribution >= 0.6 is 0 Å². The maximum atomic E-state index is 13.1.